The van der Waals surface area contributed by atoms with Gasteiger partial charge in [-0.1, -0.05) is 11.6 Å². The van der Waals surface area contributed by atoms with Crippen molar-refractivity contribution in [2.45, 2.75) is 33.8 Å². The number of carboxylic acids is 1. The average molecular weight is 279 g/mol. The van der Waals surface area contributed by atoms with Gasteiger partial charge >= 0.3 is 5.97 Å². The molecule has 5 heteroatoms. The van der Waals surface area contributed by atoms with Crippen molar-refractivity contribution in [3.05, 3.63) is 29.3 Å². The summed E-state index contributed by atoms with van der Waals surface area (Å²) in [6, 6.07) is 4.88. The van der Waals surface area contributed by atoms with Crippen LogP contribution in [0.25, 0.3) is 0 Å². The molecule has 0 saturated carbocycles. The minimum atomic E-state index is -1.06. The Hall–Kier alpha value is -2.04. The number of benzene rings is 1. The molecule has 1 atom stereocenters. The van der Waals surface area contributed by atoms with E-state index in [1.54, 1.807) is 30.9 Å². The molecule has 0 aromatic heterocycles. The number of rotatable bonds is 6. The quantitative estimate of drug-likeness (QED) is 0.868. The first-order valence-corrected chi connectivity index (χ1v) is 6.70. The standard InChI is InChI=1S/C15H21NO4/c1-5-16(6-2)14(17)11(4)20-13-8-7-10(3)9-12(13)15(18)19/h7-9,11H,5-6H2,1-4H3,(H,18,19). The third-order valence-electron chi connectivity index (χ3n) is 3.09. The summed E-state index contributed by atoms with van der Waals surface area (Å²) < 4.78 is 5.54. The number of hydrogen-bond donors (Lipinski definition) is 1. The zero-order valence-electron chi connectivity index (χ0n) is 12.3. The molecule has 20 heavy (non-hydrogen) atoms. The fourth-order valence-corrected chi connectivity index (χ4v) is 1.95. The highest BCUT2D eigenvalue weighted by Crippen LogP contribution is 2.21. The second-order valence-corrected chi connectivity index (χ2v) is 4.58. The van der Waals surface area contributed by atoms with Crippen LogP contribution in [0.5, 0.6) is 5.75 Å². The normalized spacial score (nSPS) is 11.8. The van der Waals surface area contributed by atoms with Gasteiger partial charge < -0.3 is 14.7 Å². The summed E-state index contributed by atoms with van der Waals surface area (Å²) in [5, 5.41) is 9.17. The Bertz CT molecular complexity index is 495. The van der Waals surface area contributed by atoms with Gasteiger partial charge in [-0.25, -0.2) is 4.79 Å². The van der Waals surface area contributed by atoms with E-state index in [4.69, 9.17) is 9.84 Å². The molecular weight excluding hydrogens is 258 g/mol. The molecule has 0 fully saturated rings. The van der Waals surface area contributed by atoms with Crippen LogP contribution in [0.4, 0.5) is 0 Å². The number of likely N-dealkylation sites (N-methyl/N-ethyl adjacent to an activating group) is 1. The Morgan fingerprint density at radius 1 is 1.30 bits per heavy atom. The van der Waals surface area contributed by atoms with Crippen LogP contribution in [0.3, 0.4) is 0 Å². The number of aromatic carboxylic acids is 1. The summed E-state index contributed by atoms with van der Waals surface area (Å²) in [6.07, 6.45) is -0.712. The highest BCUT2D eigenvalue weighted by molar-refractivity contribution is 5.91. The number of ether oxygens (including phenoxy) is 1. The second-order valence-electron chi connectivity index (χ2n) is 4.58. The summed E-state index contributed by atoms with van der Waals surface area (Å²) in [6.45, 7) is 8.42. The molecule has 1 unspecified atom stereocenters. The number of carboxylic acid groups (broad SMARTS) is 1. The van der Waals surface area contributed by atoms with E-state index < -0.39 is 12.1 Å². The smallest absolute Gasteiger partial charge is 0.339 e. The van der Waals surface area contributed by atoms with Gasteiger partial charge in [-0.05, 0) is 39.8 Å². The Labute approximate surface area is 119 Å². The maximum absolute atomic E-state index is 12.1. The third-order valence-corrected chi connectivity index (χ3v) is 3.09. The van der Waals surface area contributed by atoms with Crippen molar-refractivity contribution in [3.63, 3.8) is 0 Å². The van der Waals surface area contributed by atoms with E-state index in [-0.39, 0.29) is 17.2 Å². The van der Waals surface area contributed by atoms with Crippen LogP contribution in [-0.4, -0.2) is 41.1 Å². The number of nitrogens with zero attached hydrogens (tertiary/aromatic N) is 1. The lowest BCUT2D eigenvalue weighted by Gasteiger charge is -2.23. The molecule has 1 rings (SSSR count). The van der Waals surface area contributed by atoms with E-state index >= 15 is 0 Å². The highest BCUT2D eigenvalue weighted by atomic mass is 16.5. The van der Waals surface area contributed by atoms with Gasteiger partial charge in [0.1, 0.15) is 11.3 Å². The van der Waals surface area contributed by atoms with Gasteiger partial charge in [0.05, 0.1) is 0 Å². The van der Waals surface area contributed by atoms with Gasteiger partial charge in [0, 0.05) is 13.1 Å². The number of amides is 1. The summed E-state index contributed by atoms with van der Waals surface area (Å²) in [5.41, 5.74) is 0.904. The monoisotopic (exact) mass is 279 g/mol. The maximum Gasteiger partial charge on any atom is 0.339 e. The molecule has 110 valence electrons. The Morgan fingerprint density at radius 2 is 1.90 bits per heavy atom. The molecule has 1 N–H and O–H groups in total. The van der Waals surface area contributed by atoms with Crippen LogP contribution in [0, 0.1) is 6.92 Å². The zero-order chi connectivity index (χ0) is 15.3. The molecule has 0 aliphatic carbocycles. The van der Waals surface area contributed by atoms with E-state index in [2.05, 4.69) is 0 Å². The summed E-state index contributed by atoms with van der Waals surface area (Å²) in [5.74, 6) is -0.991. The van der Waals surface area contributed by atoms with Crippen LogP contribution in [0.15, 0.2) is 18.2 Å². The lowest BCUT2D eigenvalue weighted by molar-refractivity contribution is -0.137. The van der Waals surface area contributed by atoms with Crippen molar-refractivity contribution in [1.29, 1.82) is 0 Å². The topological polar surface area (TPSA) is 66.8 Å². The lowest BCUT2D eigenvalue weighted by atomic mass is 10.1. The Kier molecular flexibility index (Phi) is 5.55. The average Bonchev–Trinajstić information content (AvgIpc) is 2.41. The first-order chi connectivity index (χ1) is 9.40. The number of aryl methyl sites for hydroxylation is 1. The van der Waals surface area contributed by atoms with Gasteiger partial charge in [-0.15, -0.1) is 0 Å². The molecule has 0 aliphatic heterocycles. The lowest BCUT2D eigenvalue weighted by Crippen LogP contribution is -2.40. The maximum atomic E-state index is 12.1. The largest absolute Gasteiger partial charge is 0.480 e. The van der Waals surface area contributed by atoms with Gasteiger partial charge in [-0.2, -0.15) is 0 Å². The van der Waals surface area contributed by atoms with E-state index in [9.17, 15) is 9.59 Å². The fraction of sp³-hybridized carbons (Fsp3) is 0.467. The molecule has 0 aliphatic rings. The second kappa shape index (κ2) is 6.93. The minimum absolute atomic E-state index is 0.0733. The fourth-order valence-electron chi connectivity index (χ4n) is 1.95. The van der Waals surface area contributed by atoms with Crippen LogP contribution in [-0.2, 0) is 4.79 Å². The van der Waals surface area contributed by atoms with Crippen molar-refractivity contribution in [1.82, 2.24) is 4.90 Å². The predicted molar refractivity (Wildman–Crippen MR) is 76.2 cm³/mol. The van der Waals surface area contributed by atoms with Crippen molar-refractivity contribution < 1.29 is 19.4 Å². The molecule has 0 radical (unpaired) electrons. The van der Waals surface area contributed by atoms with Crippen LogP contribution in [0.1, 0.15) is 36.7 Å². The van der Waals surface area contributed by atoms with Crippen LogP contribution < -0.4 is 4.74 Å². The van der Waals surface area contributed by atoms with E-state index in [0.717, 1.165) is 5.56 Å². The number of carbonyl (C=O) groups excluding carboxylic acids is 1. The van der Waals surface area contributed by atoms with E-state index in [1.165, 1.54) is 6.07 Å². The van der Waals surface area contributed by atoms with Gasteiger partial charge in [-0.3, -0.25) is 4.79 Å². The predicted octanol–water partition coefficient (Wildman–Crippen LogP) is 2.33. The molecule has 0 spiro atoms. The zero-order valence-corrected chi connectivity index (χ0v) is 12.3. The first-order valence-electron chi connectivity index (χ1n) is 6.70. The van der Waals surface area contributed by atoms with Crippen molar-refractivity contribution in [2.75, 3.05) is 13.1 Å². The number of carbonyl (C=O) groups is 2. The third kappa shape index (κ3) is 3.73. The minimum Gasteiger partial charge on any atom is -0.480 e. The molecule has 5 nitrogen and oxygen atoms in total. The van der Waals surface area contributed by atoms with Crippen molar-refractivity contribution >= 4 is 11.9 Å². The Balaban J connectivity index is 2.93. The van der Waals surface area contributed by atoms with Gasteiger partial charge in [0.2, 0.25) is 0 Å². The highest BCUT2D eigenvalue weighted by Gasteiger charge is 2.22. The number of hydrogen-bond acceptors (Lipinski definition) is 3. The van der Waals surface area contributed by atoms with Gasteiger partial charge in [0.15, 0.2) is 6.10 Å². The molecule has 0 heterocycles. The molecule has 1 amide bonds. The molecule has 1 aromatic carbocycles. The molecule has 1 aromatic rings. The van der Waals surface area contributed by atoms with Crippen LogP contribution >= 0.6 is 0 Å². The molecule has 0 bridgehead atoms. The van der Waals surface area contributed by atoms with Crippen molar-refractivity contribution in [3.8, 4) is 5.75 Å². The Morgan fingerprint density at radius 3 is 2.40 bits per heavy atom. The first kappa shape index (κ1) is 16.0. The van der Waals surface area contributed by atoms with E-state index in [1.807, 2.05) is 13.8 Å². The van der Waals surface area contributed by atoms with Crippen molar-refractivity contribution in [2.24, 2.45) is 0 Å². The summed E-state index contributed by atoms with van der Waals surface area (Å²) in [7, 11) is 0. The molecule has 0 saturated heterocycles. The summed E-state index contributed by atoms with van der Waals surface area (Å²) in [4.78, 5) is 25.0. The van der Waals surface area contributed by atoms with E-state index in [0.29, 0.717) is 13.1 Å². The summed E-state index contributed by atoms with van der Waals surface area (Å²) >= 11 is 0. The van der Waals surface area contributed by atoms with Gasteiger partial charge in [0.25, 0.3) is 5.91 Å². The van der Waals surface area contributed by atoms with Crippen LogP contribution in [0.2, 0.25) is 0 Å². The molecular formula is C15H21NO4. The SMILES string of the molecule is CCN(CC)C(=O)C(C)Oc1ccc(C)cc1C(=O)O.